The largest absolute Gasteiger partial charge is 0.361 e. The molecule has 2 heterocycles. The third-order valence-electron chi connectivity index (χ3n) is 3.09. The molecule has 0 aliphatic heterocycles. The molecule has 0 atom stereocenters. The number of benzene rings is 2. The van der Waals surface area contributed by atoms with Crippen molar-refractivity contribution in [1.82, 2.24) is 9.66 Å². The number of hydrogen-bond acceptors (Lipinski definition) is 1. The van der Waals surface area contributed by atoms with Gasteiger partial charge >= 0.3 is 0 Å². The van der Waals surface area contributed by atoms with Crippen molar-refractivity contribution in [3.8, 4) is 0 Å². The molecule has 0 saturated heterocycles. The first-order chi connectivity index (χ1) is 9.34. The Kier molecular flexibility index (Phi) is 4.11. The molecule has 4 aromatic rings. The van der Waals surface area contributed by atoms with Crippen molar-refractivity contribution >= 4 is 21.8 Å². The summed E-state index contributed by atoms with van der Waals surface area (Å²) >= 11 is 0. The molecular formula is C17H19N3. The van der Waals surface area contributed by atoms with Gasteiger partial charge in [-0.1, -0.05) is 43.8 Å². The predicted octanol–water partition coefficient (Wildman–Crippen LogP) is 4.16. The Morgan fingerprint density at radius 2 is 1.50 bits per heavy atom. The highest BCUT2D eigenvalue weighted by Crippen LogP contribution is 2.11. The lowest BCUT2D eigenvalue weighted by Crippen LogP contribution is -2.04. The van der Waals surface area contributed by atoms with E-state index in [1.54, 1.807) is 4.68 Å². The lowest BCUT2D eigenvalue weighted by atomic mass is 10.3. The average molecular weight is 265 g/mol. The van der Waals surface area contributed by atoms with Gasteiger partial charge in [-0.25, -0.2) is 0 Å². The van der Waals surface area contributed by atoms with Gasteiger partial charge in [0.15, 0.2) is 0 Å². The van der Waals surface area contributed by atoms with E-state index in [1.165, 1.54) is 16.3 Å². The highest BCUT2D eigenvalue weighted by atomic mass is 15.3. The number of H-pyrrole nitrogens is 1. The first kappa shape index (κ1) is 13.7. The summed E-state index contributed by atoms with van der Waals surface area (Å²) in [5.74, 6) is 5.59. The van der Waals surface area contributed by atoms with Crippen molar-refractivity contribution in [2.24, 2.45) is 0 Å². The van der Waals surface area contributed by atoms with E-state index in [-0.39, 0.29) is 7.43 Å². The second-order valence-corrected chi connectivity index (χ2v) is 4.35. The fraction of sp³-hybridized carbons (Fsp3) is 0.0588. The Hall–Kier alpha value is -2.68. The summed E-state index contributed by atoms with van der Waals surface area (Å²) in [5, 5.41) is 2.46. The van der Waals surface area contributed by atoms with Crippen LogP contribution in [0.15, 0.2) is 73.1 Å². The van der Waals surface area contributed by atoms with Gasteiger partial charge in [-0.05, 0) is 29.7 Å². The van der Waals surface area contributed by atoms with Crippen molar-refractivity contribution in [1.29, 1.82) is 0 Å². The second kappa shape index (κ2) is 5.97. The number of nitrogens with one attached hydrogen (secondary N) is 1. The van der Waals surface area contributed by atoms with Crippen LogP contribution in [0, 0.1) is 0 Å². The highest BCUT2D eigenvalue weighted by Gasteiger charge is 1.93. The number of nitrogen functional groups attached to an aromatic ring is 1. The molecule has 0 amide bonds. The van der Waals surface area contributed by atoms with Crippen LogP contribution >= 0.6 is 0 Å². The zero-order chi connectivity index (χ0) is 13.1. The summed E-state index contributed by atoms with van der Waals surface area (Å²) in [6.07, 6.45) is 3.80. The van der Waals surface area contributed by atoms with E-state index < -0.39 is 0 Å². The van der Waals surface area contributed by atoms with Gasteiger partial charge < -0.3 is 10.8 Å². The van der Waals surface area contributed by atoms with Crippen molar-refractivity contribution in [2.75, 3.05) is 5.84 Å². The van der Waals surface area contributed by atoms with E-state index in [1.807, 2.05) is 54.9 Å². The van der Waals surface area contributed by atoms with Gasteiger partial charge in [-0.2, -0.15) is 0 Å². The maximum atomic E-state index is 5.59. The van der Waals surface area contributed by atoms with Crippen LogP contribution in [0.5, 0.6) is 0 Å². The minimum atomic E-state index is 0. The first-order valence-electron chi connectivity index (χ1n) is 6.18. The maximum Gasteiger partial charge on any atom is 0.0690 e. The van der Waals surface area contributed by atoms with Crippen LogP contribution in [0.1, 0.15) is 7.43 Å². The zero-order valence-electron chi connectivity index (χ0n) is 10.5. The van der Waals surface area contributed by atoms with Crippen molar-refractivity contribution in [2.45, 2.75) is 7.43 Å². The number of aromatic nitrogens is 2. The van der Waals surface area contributed by atoms with E-state index >= 15 is 0 Å². The van der Waals surface area contributed by atoms with Crippen LogP contribution < -0.4 is 5.84 Å². The Morgan fingerprint density at radius 3 is 2.25 bits per heavy atom. The number of hydrogen-bond donors (Lipinski definition) is 2. The Balaban J connectivity index is 0.000000141. The molecule has 0 aliphatic carbocycles. The monoisotopic (exact) mass is 265 g/mol. The van der Waals surface area contributed by atoms with Crippen LogP contribution in [-0.4, -0.2) is 9.66 Å². The van der Waals surface area contributed by atoms with Crippen molar-refractivity contribution in [3.63, 3.8) is 0 Å². The summed E-state index contributed by atoms with van der Waals surface area (Å²) in [5.41, 5.74) is 2.28. The molecule has 2 aromatic carbocycles. The quantitative estimate of drug-likeness (QED) is 0.461. The van der Waals surface area contributed by atoms with Crippen LogP contribution in [-0.2, 0) is 0 Å². The lowest BCUT2D eigenvalue weighted by molar-refractivity contribution is 1.07. The summed E-state index contributed by atoms with van der Waals surface area (Å²) in [6, 6.07) is 20.3. The first-order valence-corrected chi connectivity index (χ1v) is 6.18. The van der Waals surface area contributed by atoms with E-state index in [4.69, 9.17) is 5.84 Å². The molecule has 3 heteroatoms. The molecule has 3 N–H and O–H groups in total. The van der Waals surface area contributed by atoms with E-state index in [0.717, 1.165) is 5.52 Å². The van der Waals surface area contributed by atoms with Gasteiger partial charge in [0.05, 0.1) is 5.52 Å². The fourth-order valence-corrected chi connectivity index (χ4v) is 2.10. The summed E-state index contributed by atoms with van der Waals surface area (Å²) in [6.45, 7) is 0. The molecule has 3 nitrogen and oxygen atoms in total. The molecule has 0 saturated carbocycles. The summed E-state index contributed by atoms with van der Waals surface area (Å²) in [7, 11) is 0. The van der Waals surface area contributed by atoms with E-state index in [2.05, 4.69) is 23.2 Å². The topological polar surface area (TPSA) is 46.7 Å². The molecule has 0 aliphatic rings. The molecule has 20 heavy (non-hydrogen) atoms. The standard InChI is InChI=1S/C8H8N2.C8H7N.CH4/c9-10-6-5-7-3-1-2-4-8(7)10;1-2-4-8-7(3-1)5-6-9-8;/h1-6H,9H2;1-6,9H;1H4. The average Bonchev–Trinajstić information content (AvgIpc) is 3.07. The normalized spacial score (nSPS) is 9.80. The van der Waals surface area contributed by atoms with Gasteiger partial charge in [0.2, 0.25) is 0 Å². The highest BCUT2D eigenvalue weighted by molar-refractivity contribution is 5.80. The zero-order valence-corrected chi connectivity index (χ0v) is 10.5. The summed E-state index contributed by atoms with van der Waals surface area (Å²) < 4.78 is 1.62. The minimum absolute atomic E-state index is 0. The van der Waals surface area contributed by atoms with Gasteiger partial charge in [0.25, 0.3) is 0 Å². The fourth-order valence-electron chi connectivity index (χ4n) is 2.10. The molecule has 0 fully saturated rings. The predicted molar refractivity (Wildman–Crippen MR) is 87.1 cm³/mol. The smallest absolute Gasteiger partial charge is 0.0690 e. The van der Waals surface area contributed by atoms with Gasteiger partial charge in [-0.15, -0.1) is 0 Å². The Labute approximate surface area is 118 Å². The molecule has 2 aromatic heterocycles. The van der Waals surface area contributed by atoms with Crippen molar-refractivity contribution < 1.29 is 0 Å². The Bertz CT molecular complexity index is 766. The van der Waals surface area contributed by atoms with Crippen LogP contribution in [0.4, 0.5) is 0 Å². The molecule has 0 unspecified atom stereocenters. The molecule has 0 radical (unpaired) electrons. The lowest BCUT2D eigenvalue weighted by Gasteiger charge is -1.92. The number of para-hydroxylation sites is 2. The van der Waals surface area contributed by atoms with E-state index in [9.17, 15) is 0 Å². The third-order valence-corrected chi connectivity index (χ3v) is 3.09. The number of rotatable bonds is 0. The van der Waals surface area contributed by atoms with Gasteiger partial charge in [0, 0.05) is 23.3 Å². The number of nitrogens with two attached hydrogens (primary N) is 1. The minimum Gasteiger partial charge on any atom is -0.361 e. The molecule has 0 bridgehead atoms. The maximum absolute atomic E-state index is 5.59. The molecule has 102 valence electrons. The molecular weight excluding hydrogens is 246 g/mol. The number of aromatic amines is 1. The van der Waals surface area contributed by atoms with Gasteiger partial charge in [-0.3, -0.25) is 4.68 Å². The summed E-state index contributed by atoms with van der Waals surface area (Å²) in [4.78, 5) is 3.12. The van der Waals surface area contributed by atoms with Gasteiger partial charge in [0.1, 0.15) is 0 Å². The molecule has 4 rings (SSSR count). The van der Waals surface area contributed by atoms with Crippen LogP contribution in [0.3, 0.4) is 0 Å². The van der Waals surface area contributed by atoms with E-state index in [0.29, 0.717) is 0 Å². The van der Waals surface area contributed by atoms with Crippen LogP contribution in [0.25, 0.3) is 21.8 Å². The third kappa shape index (κ3) is 2.67. The van der Waals surface area contributed by atoms with Crippen molar-refractivity contribution in [3.05, 3.63) is 73.1 Å². The van der Waals surface area contributed by atoms with Crippen LogP contribution in [0.2, 0.25) is 0 Å². The SMILES string of the molecule is C.Nn1ccc2ccccc21.c1ccc2[nH]ccc2c1. The molecule has 0 spiro atoms. The number of fused-ring (bicyclic) bond motifs is 2. The number of nitrogens with zero attached hydrogens (tertiary/aromatic N) is 1. The Morgan fingerprint density at radius 1 is 0.800 bits per heavy atom. The second-order valence-electron chi connectivity index (χ2n) is 4.35.